The maximum atomic E-state index is 12.3. The van der Waals surface area contributed by atoms with Gasteiger partial charge in [-0.05, 0) is 16.7 Å². The van der Waals surface area contributed by atoms with Crippen molar-refractivity contribution < 1.29 is 33.9 Å². The first-order valence-corrected chi connectivity index (χ1v) is 7.79. The summed E-state index contributed by atoms with van der Waals surface area (Å²) < 4.78 is 9.59. The molecule has 0 bridgehead atoms. The summed E-state index contributed by atoms with van der Waals surface area (Å²) in [6, 6.07) is 6.17. The number of esters is 2. The Balaban J connectivity index is 2.80. The molecule has 0 aromatic heterocycles. The standard InChI is InChI=1S/C18H18N2O7/c1-9(21)19-16-14(17(23)26-2)11-6-4-10(8-13(22)20-25)5-7-12(11)15(16)18(24)27-3/h4-7,25H,8H2,1-3H3,(H,19,21)(H,20,22). The van der Waals surface area contributed by atoms with Gasteiger partial charge in [0.25, 0.3) is 0 Å². The number of rotatable bonds is 5. The zero-order chi connectivity index (χ0) is 20.1. The predicted molar refractivity (Wildman–Crippen MR) is 93.7 cm³/mol. The lowest BCUT2D eigenvalue weighted by atomic mass is 10.1. The second-order valence-electron chi connectivity index (χ2n) is 5.57. The molecule has 2 aliphatic carbocycles. The van der Waals surface area contributed by atoms with Crippen LogP contribution in [0.2, 0.25) is 0 Å². The highest BCUT2D eigenvalue weighted by Crippen LogP contribution is 2.41. The van der Waals surface area contributed by atoms with Crippen LogP contribution in [0.3, 0.4) is 0 Å². The minimum atomic E-state index is -0.750. The maximum Gasteiger partial charge on any atom is 0.340 e. The van der Waals surface area contributed by atoms with Gasteiger partial charge in [0.1, 0.15) is 0 Å². The number of anilines is 1. The number of carbonyl (C=O) groups is 4. The van der Waals surface area contributed by atoms with Gasteiger partial charge in [-0.1, -0.05) is 24.3 Å². The van der Waals surface area contributed by atoms with Gasteiger partial charge in [-0.2, -0.15) is 0 Å². The van der Waals surface area contributed by atoms with Crippen LogP contribution < -0.4 is 10.8 Å². The molecular formula is C18H18N2O7. The molecule has 0 saturated heterocycles. The van der Waals surface area contributed by atoms with E-state index in [0.717, 1.165) is 0 Å². The summed E-state index contributed by atoms with van der Waals surface area (Å²) in [5.74, 6) is -2.61. The molecule has 0 saturated carbocycles. The Morgan fingerprint density at radius 2 is 1.41 bits per heavy atom. The minimum absolute atomic E-state index is 0.00273. The van der Waals surface area contributed by atoms with Crippen LogP contribution in [0, 0.1) is 0 Å². The van der Waals surface area contributed by atoms with E-state index in [1.807, 2.05) is 0 Å². The Hall–Kier alpha value is -3.46. The molecule has 0 atom stereocenters. The highest BCUT2D eigenvalue weighted by atomic mass is 16.5. The van der Waals surface area contributed by atoms with Crippen molar-refractivity contribution in [3.63, 3.8) is 0 Å². The minimum Gasteiger partial charge on any atom is -0.465 e. The third-order valence-electron chi connectivity index (χ3n) is 3.83. The Morgan fingerprint density at radius 3 is 1.78 bits per heavy atom. The lowest BCUT2D eigenvalue weighted by molar-refractivity contribution is -0.128. The topological polar surface area (TPSA) is 131 Å². The molecule has 142 valence electrons. The largest absolute Gasteiger partial charge is 0.465 e. The third kappa shape index (κ3) is 4.04. The number of methoxy groups -OCH3 is 2. The summed E-state index contributed by atoms with van der Waals surface area (Å²) in [5.41, 5.74) is 2.71. The molecule has 0 fully saturated rings. The van der Waals surface area contributed by atoms with E-state index in [4.69, 9.17) is 14.7 Å². The number of hydrogen-bond acceptors (Lipinski definition) is 7. The van der Waals surface area contributed by atoms with Gasteiger partial charge in [-0.3, -0.25) is 14.8 Å². The number of nitrogens with one attached hydrogen (secondary N) is 2. The normalized spacial score (nSPS) is 10.2. The van der Waals surface area contributed by atoms with E-state index in [1.54, 1.807) is 12.1 Å². The van der Waals surface area contributed by atoms with E-state index in [9.17, 15) is 19.2 Å². The molecule has 3 N–H and O–H groups in total. The lowest BCUT2D eigenvalue weighted by Gasteiger charge is -2.06. The lowest BCUT2D eigenvalue weighted by Crippen LogP contribution is -2.20. The molecule has 0 unspecified atom stereocenters. The number of carbonyl (C=O) groups excluding carboxylic acids is 4. The van der Waals surface area contributed by atoms with Crippen molar-refractivity contribution >= 4 is 29.4 Å². The molecule has 0 radical (unpaired) electrons. The molecular weight excluding hydrogens is 356 g/mol. The number of hydroxylamine groups is 1. The van der Waals surface area contributed by atoms with Gasteiger partial charge >= 0.3 is 11.9 Å². The zero-order valence-electron chi connectivity index (χ0n) is 14.9. The fourth-order valence-electron chi connectivity index (χ4n) is 2.72. The quantitative estimate of drug-likeness (QED) is 0.409. The van der Waals surface area contributed by atoms with Crippen molar-refractivity contribution in [3.8, 4) is 11.1 Å². The molecule has 27 heavy (non-hydrogen) atoms. The van der Waals surface area contributed by atoms with Crippen LogP contribution in [0.1, 0.15) is 33.2 Å². The molecule has 2 amide bonds. The Morgan fingerprint density at radius 1 is 0.926 bits per heavy atom. The summed E-state index contributed by atoms with van der Waals surface area (Å²) in [6.07, 6.45) is -0.118. The van der Waals surface area contributed by atoms with E-state index in [-0.39, 0.29) is 23.2 Å². The van der Waals surface area contributed by atoms with Gasteiger partial charge in [-0.15, -0.1) is 0 Å². The van der Waals surface area contributed by atoms with Crippen molar-refractivity contribution in [1.29, 1.82) is 0 Å². The van der Waals surface area contributed by atoms with E-state index < -0.39 is 23.8 Å². The molecule has 0 aliphatic heterocycles. The monoisotopic (exact) mass is 374 g/mol. The van der Waals surface area contributed by atoms with Gasteiger partial charge in [0.15, 0.2) is 0 Å². The van der Waals surface area contributed by atoms with Gasteiger partial charge in [-0.25, -0.2) is 15.1 Å². The Kier molecular flexibility index (Phi) is 6.09. The zero-order valence-corrected chi connectivity index (χ0v) is 14.9. The summed E-state index contributed by atoms with van der Waals surface area (Å²) >= 11 is 0. The van der Waals surface area contributed by atoms with Crippen LogP contribution in [0.25, 0.3) is 11.1 Å². The van der Waals surface area contributed by atoms with Crippen LogP contribution in [0.5, 0.6) is 0 Å². The van der Waals surface area contributed by atoms with E-state index in [2.05, 4.69) is 5.32 Å². The fourth-order valence-corrected chi connectivity index (χ4v) is 2.72. The average molecular weight is 374 g/mol. The number of amides is 2. The first-order valence-electron chi connectivity index (χ1n) is 7.79. The predicted octanol–water partition coefficient (Wildman–Crippen LogP) is 1.37. The molecule has 0 spiro atoms. The number of ether oxygens (including phenoxy) is 2. The van der Waals surface area contributed by atoms with Crippen LogP contribution >= 0.6 is 0 Å². The van der Waals surface area contributed by atoms with E-state index in [0.29, 0.717) is 16.7 Å². The third-order valence-corrected chi connectivity index (χ3v) is 3.83. The molecule has 0 aromatic carbocycles. The van der Waals surface area contributed by atoms with Gasteiger partial charge in [0, 0.05) is 6.92 Å². The fraction of sp³-hybridized carbons (Fsp3) is 0.222. The van der Waals surface area contributed by atoms with E-state index >= 15 is 0 Å². The smallest absolute Gasteiger partial charge is 0.340 e. The van der Waals surface area contributed by atoms with Crippen molar-refractivity contribution in [2.75, 3.05) is 19.5 Å². The Labute approximate surface area is 154 Å². The maximum absolute atomic E-state index is 12.3. The first-order chi connectivity index (χ1) is 12.8. The average Bonchev–Trinajstić information content (AvgIpc) is 2.80. The van der Waals surface area contributed by atoms with Gasteiger partial charge < -0.3 is 14.8 Å². The summed E-state index contributed by atoms with van der Waals surface area (Å²) in [5, 5.41) is 11.2. The highest BCUT2D eigenvalue weighted by molar-refractivity contribution is 6.18. The van der Waals surface area contributed by atoms with E-state index in [1.165, 1.54) is 38.8 Å². The summed E-state index contributed by atoms with van der Waals surface area (Å²) in [6.45, 7) is 1.24. The van der Waals surface area contributed by atoms with Crippen LogP contribution in [0.4, 0.5) is 5.69 Å². The van der Waals surface area contributed by atoms with Crippen LogP contribution in [-0.2, 0) is 25.5 Å². The first kappa shape index (κ1) is 19.9. The van der Waals surface area contributed by atoms with Crippen molar-refractivity contribution in [2.45, 2.75) is 13.3 Å². The Bertz CT molecular complexity index is 838. The second kappa shape index (κ2) is 8.28. The van der Waals surface area contributed by atoms with Gasteiger partial charge in [0.2, 0.25) is 11.8 Å². The SMILES string of the molecule is COC(=O)c1c2ccc(CC(=O)NO)ccc-2c(C(=O)OC)c1NC(C)=O. The highest BCUT2D eigenvalue weighted by Gasteiger charge is 2.32. The van der Waals surface area contributed by atoms with Crippen molar-refractivity contribution in [1.82, 2.24) is 5.48 Å². The number of hydrogen-bond donors (Lipinski definition) is 3. The van der Waals surface area contributed by atoms with Crippen molar-refractivity contribution in [3.05, 3.63) is 41.0 Å². The van der Waals surface area contributed by atoms with Gasteiger partial charge in [0.05, 0.1) is 37.5 Å². The van der Waals surface area contributed by atoms with Crippen molar-refractivity contribution in [2.24, 2.45) is 0 Å². The molecule has 9 heteroatoms. The molecule has 9 nitrogen and oxygen atoms in total. The summed E-state index contributed by atoms with van der Waals surface area (Å²) in [4.78, 5) is 47.7. The molecule has 2 rings (SSSR count). The van der Waals surface area contributed by atoms with Crippen LogP contribution in [-0.4, -0.2) is 43.2 Å². The molecule has 2 aliphatic rings. The summed E-state index contributed by atoms with van der Waals surface area (Å²) in [7, 11) is 2.35. The van der Waals surface area contributed by atoms with Crippen LogP contribution in [0.15, 0.2) is 24.3 Å². The molecule has 0 aromatic rings. The molecule has 0 heterocycles. The second-order valence-corrected chi connectivity index (χ2v) is 5.57. The number of fused-ring (bicyclic) bond motifs is 1.